The highest BCUT2D eigenvalue weighted by atomic mass is 16.4. The lowest BCUT2D eigenvalue weighted by Gasteiger charge is -2.02. The molecule has 0 aliphatic carbocycles. The van der Waals surface area contributed by atoms with Crippen molar-refractivity contribution < 1.29 is 14.7 Å². The molecule has 0 aromatic carbocycles. The number of aromatic nitrogens is 1. The standard InChI is InChI=1S/C8H9N3O3/c1-9-7(12)6-4-5(2-3-10-6)11-8(13)14/h2-4H,1H3,(H,9,12)(H,10,11)(H,13,14). The van der Waals surface area contributed by atoms with Gasteiger partial charge in [0.25, 0.3) is 5.91 Å². The average molecular weight is 195 g/mol. The van der Waals surface area contributed by atoms with Crippen molar-refractivity contribution in [3.05, 3.63) is 24.0 Å². The number of nitrogens with zero attached hydrogens (tertiary/aromatic N) is 1. The number of pyridine rings is 1. The number of hydrogen-bond acceptors (Lipinski definition) is 3. The van der Waals surface area contributed by atoms with Gasteiger partial charge in [-0.3, -0.25) is 15.1 Å². The largest absolute Gasteiger partial charge is 0.465 e. The second-order valence-corrected chi connectivity index (χ2v) is 2.44. The molecule has 74 valence electrons. The van der Waals surface area contributed by atoms with Crippen LogP contribution in [0.15, 0.2) is 18.3 Å². The Morgan fingerprint density at radius 2 is 2.21 bits per heavy atom. The van der Waals surface area contributed by atoms with Crippen molar-refractivity contribution in [3.8, 4) is 0 Å². The number of carboxylic acid groups (broad SMARTS) is 1. The normalized spacial score (nSPS) is 9.21. The van der Waals surface area contributed by atoms with Crippen molar-refractivity contribution in [2.75, 3.05) is 12.4 Å². The van der Waals surface area contributed by atoms with E-state index in [-0.39, 0.29) is 11.6 Å². The van der Waals surface area contributed by atoms with Crippen LogP contribution in [0.25, 0.3) is 0 Å². The van der Waals surface area contributed by atoms with Crippen molar-refractivity contribution >= 4 is 17.7 Å². The summed E-state index contributed by atoms with van der Waals surface area (Å²) in [5.74, 6) is -0.362. The fraction of sp³-hybridized carbons (Fsp3) is 0.125. The smallest absolute Gasteiger partial charge is 0.409 e. The number of anilines is 1. The molecule has 0 saturated carbocycles. The van der Waals surface area contributed by atoms with E-state index < -0.39 is 6.09 Å². The molecule has 0 saturated heterocycles. The summed E-state index contributed by atoms with van der Waals surface area (Å²) in [5, 5.41) is 12.9. The summed E-state index contributed by atoms with van der Waals surface area (Å²) < 4.78 is 0. The molecule has 0 aliphatic heterocycles. The third kappa shape index (κ3) is 2.44. The van der Waals surface area contributed by atoms with Gasteiger partial charge in [0.05, 0.1) is 0 Å². The first-order valence-electron chi connectivity index (χ1n) is 3.81. The van der Waals surface area contributed by atoms with Crippen LogP contribution >= 0.6 is 0 Å². The van der Waals surface area contributed by atoms with Crippen molar-refractivity contribution in [2.24, 2.45) is 0 Å². The van der Waals surface area contributed by atoms with E-state index in [1.807, 2.05) is 0 Å². The zero-order valence-electron chi connectivity index (χ0n) is 7.44. The van der Waals surface area contributed by atoms with Crippen LogP contribution < -0.4 is 10.6 Å². The van der Waals surface area contributed by atoms with Crippen LogP contribution in [0.1, 0.15) is 10.5 Å². The molecule has 3 N–H and O–H groups in total. The molecule has 1 aromatic rings. The second kappa shape index (κ2) is 4.22. The Bertz CT molecular complexity index is 365. The number of hydrogen-bond donors (Lipinski definition) is 3. The van der Waals surface area contributed by atoms with Crippen LogP contribution in [0.5, 0.6) is 0 Å². The van der Waals surface area contributed by atoms with Crippen molar-refractivity contribution in [2.45, 2.75) is 0 Å². The van der Waals surface area contributed by atoms with Crippen molar-refractivity contribution in [3.63, 3.8) is 0 Å². The molecule has 6 heteroatoms. The maximum atomic E-state index is 11.1. The molecule has 0 aliphatic rings. The molecule has 0 spiro atoms. The van der Waals surface area contributed by atoms with Crippen molar-refractivity contribution in [1.82, 2.24) is 10.3 Å². The topological polar surface area (TPSA) is 91.3 Å². The Kier molecular flexibility index (Phi) is 3.01. The van der Waals surface area contributed by atoms with Gasteiger partial charge < -0.3 is 10.4 Å². The minimum atomic E-state index is -1.18. The lowest BCUT2D eigenvalue weighted by atomic mass is 10.3. The van der Waals surface area contributed by atoms with Crippen LogP contribution in [-0.4, -0.2) is 29.1 Å². The Hall–Kier alpha value is -2.11. The van der Waals surface area contributed by atoms with E-state index in [1.54, 1.807) is 0 Å². The van der Waals surface area contributed by atoms with E-state index in [9.17, 15) is 9.59 Å². The third-order valence-electron chi connectivity index (χ3n) is 1.47. The average Bonchev–Trinajstić information content (AvgIpc) is 2.16. The molecule has 1 rings (SSSR count). The van der Waals surface area contributed by atoms with Gasteiger partial charge in [0.2, 0.25) is 0 Å². The van der Waals surface area contributed by atoms with Gasteiger partial charge >= 0.3 is 6.09 Å². The summed E-state index contributed by atoms with van der Waals surface area (Å²) in [6.45, 7) is 0. The predicted molar refractivity (Wildman–Crippen MR) is 49.3 cm³/mol. The number of nitrogens with one attached hydrogen (secondary N) is 2. The van der Waals surface area contributed by atoms with Gasteiger partial charge in [-0.05, 0) is 12.1 Å². The number of carbonyl (C=O) groups is 2. The van der Waals surface area contributed by atoms with Crippen molar-refractivity contribution in [1.29, 1.82) is 0 Å². The van der Waals surface area contributed by atoms with Crippen LogP contribution in [0.4, 0.5) is 10.5 Å². The highest BCUT2D eigenvalue weighted by Crippen LogP contribution is 2.07. The van der Waals surface area contributed by atoms with Gasteiger partial charge in [0, 0.05) is 18.9 Å². The van der Waals surface area contributed by atoms with Gasteiger partial charge in [-0.2, -0.15) is 0 Å². The Morgan fingerprint density at radius 3 is 2.79 bits per heavy atom. The third-order valence-corrected chi connectivity index (χ3v) is 1.47. The molecule has 6 nitrogen and oxygen atoms in total. The minimum absolute atomic E-state index is 0.166. The first kappa shape index (κ1) is 9.97. The van der Waals surface area contributed by atoms with Crippen LogP contribution in [-0.2, 0) is 0 Å². The molecule has 14 heavy (non-hydrogen) atoms. The molecule has 1 aromatic heterocycles. The Morgan fingerprint density at radius 1 is 1.50 bits per heavy atom. The number of rotatable bonds is 2. The SMILES string of the molecule is CNC(=O)c1cc(NC(=O)O)ccn1. The lowest BCUT2D eigenvalue weighted by Crippen LogP contribution is -2.19. The molecular formula is C8H9N3O3. The van der Waals surface area contributed by atoms with E-state index >= 15 is 0 Å². The van der Waals surface area contributed by atoms with Crippen LogP contribution in [0, 0.1) is 0 Å². The molecule has 1 heterocycles. The summed E-state index contributed by atoms with van der Waals surface area (Å²) in [7, 11) is 1.47. The minimum Gasteiger partial charge on any atom is -0.465 e. The highest BCUT2D eigenvalue weighted by Gasteiger charge is 2.06. The molecule has 2 amide bonds. The predicted octanol–water partition coefficient (Wildman–Crippen LogP) is 0.531. The summed E-state index contributed by atoms with van der Waals surface area (Å²) in [6.07, 6.45) is 0.176. The van der Waals surface area contributed by atoms with E-state index in [2.05, 4.69) is 15.6 Å². The molecule has 0 radical (unpaired) electrons. The fourth-order valence-electron chi connectivity index (χ4n) is 0.884. The lowest BCUT2D eigenvalue weighted by molar-refractivity contribution is 0.0958. The summed E-state index contributed by atoms with van der Waals surface area (Å²) in [5.41, 5.74) is 0.477. The zero-order chi connectivity index (χ0) is 10.6. The summed E-state index contributed by atoms with van der Waals surface area (Å²) in [4.78, 5) is 25.2. The van der Waals surface area contributed by atoms with Crippen LogP contribution in [0.3, 0.4) is 0 Å². The maximum Gasteiger partial charge on any atom is 0.409 e. The first-order chi connectivity index (χ1) is 6.63. The quantitative estimate of drug-likeness (QED) is 0.641. The van der Waals surface area contributed by atoms with E-state index in [0.717, 1.165) is 0 Å². The van der Waals surface area contributed by atoms with E-state index in [4.69, 9.17) is 5.11 Å². The maximum absolute atomic E-state index is 11.1. The fourth-order valence-corrected chi connectivity index (χ4v) is 0.884. The van der Waals surface area contributed by atoms with Gasteiger partial charge in [-0.25, -0.2) is 4.79 Å². The number of amides is 2. The first-order valence-corrected chi connectivity index (χ1v) is 3.81. The molecule has 0 unspecified atom stereocenters. The highest BCUT2D eigenvalue weighted by molar-refractivity contribution is 5.93. The van der Waals surface area contributed by atoms with Gasteiger partial charge in [-0.15, -0.1) is 0 Å². The van der Waals surface area contributed by atoms with E-state index in [1.165, 1.54) is 25.4 Å². The van der Waals surface area contributed by atoms with E-state index in [0.29, 0.717) is 5.69 Å². The number of carbonyl (C=O) groups excluding carboxylic acids is 1. The molecule has 0 atom stereocenters. The second-order valence-electron chi connectivity index (χ2n) is 2.44. The summed E-state index contributed by atoms with van der Waals surface area (Å²) >= 11 is 0. The molecular weight excluding hydrogens is 186 g/mol. The Labute approximate surface area is 80.0 Å². The van der Waals surface area contributed by atoms with Gasteiger partial charge in [0.15, 0.2) is 0 Å². The Balaban J connectivity index is 2.89. The van der Waals surface area contributed by atoms with Crippen LogP contribution in [0.2, 0.25) is 0 Å². The molecule has 0 fully saturated rings. The summed E-state index contributed by atoms with van der Waals surface area (Å²) in [6, 6.07) is 2.81. The monoisotopic (exact) mass is 195 g/mol. The zero-order valence-corrected chi connectivity index (χ0v) is 7.44. The van der Waals surface area contributed by atoms with Gasteiger partial charge in [-0.1, -0.05) is 0 Å². The molecule has 0 bridgehead atoms. The van der Waals surface area contributed by atoms with Gasteiger partial charge in [0.1, 0.15) is 5.69 Å².